The average Bonchev–Trinajstić information content (AvgIpc) is 2.59. The molecule has 0 unspecified atom stereocenters. The summed E-state index contributed by atoms with van der Waals surface area (Å²) in [4.78, 5) is 0. The van der Waals surface area contributed by atoms with E-state index in [9.17, 15) is 0 Å². The third kappa shape index (κ3) is 2.67. The number of nitrogens with two attached hydrogens (primary N) is 3. The van der Waals surface area contributed by atoms with Gasteiger partial charge in [-0.2, -0.15) is 0 Å². The molecule has 0 saturated carbocycles. The summed E-state index contributed by atoms with van der Waals surface area (Å²) in [5, 5.41) is 0. The maximum atomic E-state index is 7.20. The largest absolute Gasteiger partial charge is 0.397 e. The summed E-state index contributed by atoms with van der Waals surface area (Å²) >= 11 is 0. The van der Waals surface area contributed by atoms with Crippen molar-refractivity contribution in [2.45, 2.75) is 26.3 Å². The van der Waals surface area contributed by atoms with Gasteiger partial charge in [0.05, 0.1) is 16.9 Å². The van der Waals surface area contributed by atoms with Crippen LogP contribution in [0, 0.1) is 20.8 Å². The van der Waals surface area contributed by atoms with Gasteiger partial charge in [0.25, 0.3) is 0 Å². The van der Waals surface area contributed by atoms with E-state index in [1.165, 1.54) is 0 Å². The molecule has 0 radical (unpaired) electrons. The van der Waals surface area contributed by atoms with Gasteiger partial charge < -0.3 is 17.2 Å². The topological polar surface area (TPSA) is 78.1 Å². The highest BCUT2D eigenvalue weighted by molar-refractivity contribution is 5.74. The second-order valence-corrected chi connectivity index (χ2v) is 6.70. The van der Waals surface area contributed by atoms with Gasteiger partial charge in [-0.15, -0.1) is 0 Å². The second kappa shape index (κ2) is 6.26. The number of hydrogen-bond acceptors (Lipinski definition) is 3. The predicted octanol–water partition coefficient (Wildman–Crippen LogP) is 4.03. The molecule has 6 N–H and O–H groups in total. The molecule has 3 aromatic rings. The Morgan fingerprint density at radius 3 is 1.60 bits per heavy atom. The Morgan fingerprint density at radius 1 is 0.640 bits per heavy atom. The van der Waals surface area contributed by atoms with Crippen molar-refractivity contribution < 1.29 is 0 Å². The lowest BCUT2D eigenvalue weighted by atomic mass is 9.72. The number of anilines is 2. The monoisotopic (exact) mass is 331 g/mol. The van der Waals surface area contributed by atoms with Crippen molar-refractivity contribution in [1.82, 2.24) is 0 Å². The number of nitrogen functional groups attached to an aromatic ring is 2. The predicted molar refractivity (Wildman–Crippen MR) is 106 cm³/mol. The van der Waals surface area contributed by atoms with Gasteiger partial charge in [0.2, 0.25) is 0 Å². The summed E-state index contributed by atoms with van der Waals surface area (Å²) < 4.78 is 0. The maximum Gasteiger partial charge on any atom is 0.0951 e. The molecule has 0 aliphatic carbocycles. The van der Waals surface area contributed by atoms with E-state index in [2.05, 4.69) is 38.1 Å². The van der Waals surface area contributed by atoms with E-state index in [1.807, 2.05) is 43.3 Å². The zero-order valence-electron chi connectivity index (χ0n) is 15.0. The molecular formula is C22H25N3. The first-order valence-electron chi connectivity index (χ1n) is 8.43. The van der Waals surface area contributed by atoms with Crippen LogP contribution in [0.3, 0.4) is 0 Å². The molecule has 0 aliphatic rings. The molecule has 0 aliphatic heterocycles. The first kappa shape index (κ1) is 17.1. The van der Waals surface area contributed by atoms with E-state index in [0.29, 0.717) is 11.4 Å². The lowest BCUT2D eigenvalue weighted by Crippen LogP contribution is -2.42. The van der Waals surface area contributed by atoms with E-state index < -0.39 is 5.54 Å². The van der Waals surface area contributed by atoms with Gasteiger partial charge in [0, 0.05) is 5.56 Å². The Balaban J connectivity index is 2.46. The van der Waals surface area contributed by atoms with Crippen LogP contribution in [0.5, 0.6) is 0 Å². The molecule has 0 bridgehead atoms. The molecule has 3 heteroatoms. The molecular weight excluding hydrogens is 306 g/mol. The van der Waals surface area contributed by atoms with Crippen LogP contribution in [0.1, 0.15) is 33.4 Å². The van der Waals surface area contributed by atoms with Crippen LogP contribution in [0.15, 0.2) is 60.7 Å². The lowest BCUT2D eigenvalue weighted by molar-refractivity contribution is 0.641. The third-order valence-corrected chi connectivity index (χ3v) is 5.02. The summed E-state index contributed by atoms with van der Waals surface area (Å²) in [6.07, 6.45) is 0. The average molecular weight is 331 g/mol. The summed E-state index contributed by atoms with van der Waals surface area (Å²) in [6, 6.07) is 20.2. The maximum absolute atomic E-state index is 7.20. The minimum Gasteiger partial charge on any atom is -0.397 e. The molecule has 3 aromatic carbocycles. The number of rotatable bonds is 3. The highest BCUT2D eigenvalue weighted by atomic mass is 14.8. The van der Waals surface area contributed by atoms with E-state index in [4.69, 9.17) is 17.2 Å². The van der Waals surface area contributed by atoms with Gasteiger partial charge in [-0.3, -0.25) is 0 Å². The second-order valence-electron chi connectivity index (χ2n) is 6.70. The Hall–Kier alpha value is -2.78. The molecule has 0 heterocycles. The molecule has 3 rings (SSSR count). The standard InChI is InChI=1S/C22H25N3/c1-14-8-4-6-10-17(14)22(25,18-11-7-5-9-15(18)2)20-16(3)12-13-19(23)21(20)24/h4-13H,23-25H2,1-3H3. The summed E-state index contributed by atoms with van der Waals surface area (Å²) in [5.74, 6) is 0. The Morgan fingerprint density at radius 2 is 1.12 bits per heavy atom. The van der Waals surface area contributed by atoms with Crippen molar-refractivity contribution in [3.63, 3.8) is 0 Å². The van der Waals surface area contributed by atoms with Crippen LogP contribution in [0.2, 0.25) is 0 Å². The highest BCUT2D eigenvalue weighted by Crippen LogP contribution is 2.43. The third-order valence-electron chi connectivity index (χ3n) is 5.02. The summed E-state index contributed by atoms with van der Waals surface area (Å²) in [6.45, 7) is 6.18. The van der Waals surface area contributed by atoms with E-state index in [-0.39, 0.29) is 0 Å². The lowest BCUT2D eigenvalue weighted by Gasteiger charge is -2.36. The van der Waals surface area contributed by atoms with Crippen LogP contribution in [-0.2, 0) is 5.54 Å². The number of aryl methyl sites for hydroxylation is 3. The fraction of sp³-hybridized carbons (Fsp3) is 0.182. The smallest absolute Gasteiger partial charge is 0.0951 e. The first-order chi connectivity index (χ1) is 11.9. The van der Waals surface area contributed by atoms with Gasteiger partial charge in [0.15, 0.2) is 0 Å². The Labute approximate surface area is 149 Å². The van der Waals surface area contributed by atoms with Gasteiger partial charge in [-0.25, -0.2) is 0 Å². The number of hydrogen-bond donors (Lipinski definition) is 3. The van der Waals surface area contributed by atoms with Crippen LogP contribution in [0.25, 0.3) is 0 Å². The minimum atomic E-state index is -0.875. The van der Waals surface area contributed by atoms with Crippen LogP contribution in [0.4, 0.5) is 11.4 Å². The van der Waals surface area contributed by atoms with Gasteiger partial charge in [-0.05, 0) is 54.7 Å². The van der Waals surface area contributed by atoms with Crippen LogP contribution < -0.4 is 17.2 Å². The van der Waals surface area contributed by atoms with Crippen LogP contribution >= 0.6 is 0 Å². The minimum absolute atomic E-state index is 0.550. The molecule has 3 nitrogen and oxygen atoms in total. The van der Waals surface area contributed by atoms with Crippen molar-refractivity contribution in [2.24, 2.45) is 5.73 Å². The molecule has 25 heavy (non-hydrogen) atoms. The molecule has 0 aromatic heterocycles. The highest BCUT2D eigenvalue weighted by Gasteiger charge is 2.37. The number of benzene rings is 3. The Kier molecular flexibility index (Phi) is 4.27. The van der Waals surface area contributed by atoms with Gasteiger partial charge in [0.1, 0.15) is 0 Å². The van der Waals surface area contributed by atoms with E-state index >= 15 is 0 Å². The van der Waals surface area contributed by atoms with Gasteiger partial charge >= 0.3 is 0 Å². The van der Waals surface area contributed by atoms with Crippen molar-refractivity contribution in [3.05, 3.63) is 94.0 Å². The normalized spacial score (nSPS) is 11.5. The molecule has 0 atom stereocenters. The van der Waals surface area contributed by atoms with Crippen molar-refractivity contribution in [3.8, 4) is 0 Å². The quantitative estimate of drug-likeness (QED) is 0.501. The molecule has 0 fully saturated rings. The first-order valence-corrected chi connectivity index (χ1v) is 8.43. The van der Waals surface area contributed by atoms with Crippen molar-refractivity contribution >= 4 is 11.4 Å². The van der Waals surface area contributed by atoms with E-state index in [1.54, 1.807) is 0 Å². The van der Waals surface area contributed by atoms with Gasteiger partial charge in [-0.1, -0.05) is 54.6 Å². The fourth-order valence-electron chi connectivity index (χ4n) is 3.71. The summed E-state index contributed by atoms with van der Waals surface area (Å²) in [7, 11) is 0. The Bertz CT molecular complexity index is 883. The molecule has 128 valence electrons. The van der Waals surface area contributed by atoms with Crippen molar-refractivity contribution in [1.29, 1.82) is 0 Å². The van der Waals surface area contributed by atoms with Crippen molar-refractivity contribution in [2.75, 3.05) is 11.5 Å². The van der Waals surface area contributed by atoms with E-state index in [0.717, 1.165) is 33.4 Å². The molecule has 0 saturated heterocycles. The molecule has 0 amide bonds. The zero-order valence-corrected chi connectivity index (χ0v) is 15.0. The summed E-state index contributed by atoms with van der Waals surface area (Å²) in [5.41, 5.74) is 26.2. The SMILES string of the molecule is Cc1ccccc1C(N)(c1ccccc1C)c1c(C)ccc(N)c1N. The van der Waals surface area contributed by atoms with Crippen LogP contribution in [-0.4, -0.2) is 0 Å². The fourth-order valence-corrected chi connectivity index (χ4v) is 3.71. The molecule has 0 spiro atoms. The zero-order chi connectivity index (χ0) is 18.2.